The van der Waals surface area contributed by atoms with E-state index in [0.717, 1.165) is 32.5 Å². The molecular weight excluding hydrogens is 212 g/mol. The molecule has 0 bridgehead atoms. The van der Waals surface area contributed by atoms with Crippen LogP contribution >= 0.6 is 0 Å². The van der Waals surface area contributed by atoms with Crippen molar-refractivity contribution in [3.05, 3.63) is 0 Å². The Hall–Kier alpha value is -0.0800. The largest absolute Gasteiger partial charge is 0.353 e. The highest BCUT2D eigenvalue weighted by Crippen LogP contribution is 2.11. The second kappa shape index (κ2) is 12.4. The molecule has 2 nitrogen and oxygen atoms in total. The summed E-state index contributed by atoms with van der Waals surface area (Å²) in [6.07, 6.45) is 8.34. The van der Waals surface area contributed by atoms with Crippen LogP contribution in [0.5, 0.6) is 0 Å². The summed E-state index contributed by atoms with van der Waals surface area (Å²) in [6.45, 7) is 10.6. The van der Waals surface area contributed by atoms with Gasteiger partial charge in [0.05, 0.1) is 0 Å². The van der Waals surface area contributed by atoms with Crippen LogP contribution < -0.4 is 0 Å². The predicted molar refractivity (Wildman–Crippen MR) is 74.2 cm³/mol. The van der Waals surface area contributed by atoms with Gasteiger partial charge in [-0.2, -0.15) is 0 Å². The molecule has 0 unspecified atom stereocenters. The third-order valence-corrected chi connectivity index (χ3v) is 2.77. The van der Waals surface area contributed by atoms with E-state index >= 15 is 0 Å². The normalized spacial score (nSPS) is 11.6. The molecule has 0 fully saturated rings. The summed E-state index contributed by atoms with van der Waals surface area (Å²) >= 11 is 0. The Balaban J connectivity index is 3.64. The topological polar surface area (TPSA) is 18.5 Å². The molecule has 0 aromatic rings. The van der Waals surface area contributed by atoms with Gasteiger partial charge in [0.15, 0.2) is 6.29 Å². The molecule has 17 heavy (non-hydrogen) atoms. The predicted octanol–water partition coefficient (Wildman–Crippen LogP) is 4.77. The Kier molecular flexibility index (Phi) is 12.3. The average Bonchev–Trinajstić information content (AvgIpc) is 2.29. The van der Waals surface area contributed by atoms with Gasteiger partial charge in [-0.3, -0.25) is 0 Å². The Morgan fingerprint density at radius 1 is 0.765 bits per heavy atom. The molecule has 0 aromatic carbocycles. The molecule has 0 spiro atoms. The molecule has 0 heterocycles. The summed E-state index contributed by atoms with van der Waals surface area (Å²) in [6, 6.07) is 0. The van der Waals surface area contributed by atoms with Gasteiger partial charge in [-0.05, 0) is 18.8 Å². The Bertz CT molecular complexity index is 134. The lowest BCUT2D eigenvalue weighted by Crippen LogP contribution is -2.21. The Morgan fingerprint density at radius 2 is 1.24 bits per heavy atom. The van der Waals surface area contributed by atoms with E-state index in [9.17, 15) is 0 Å². The SMILES string of the molecule is CCCCCOC(CC(C)C)OCCCCC. The summed E-state index contributed by atoms with van der Waals surface area (Å²) < 4.78 is 11.6. The minimum absolute atomic E-state index is 0.0173. The first-order valence-corrected chi connectivity index (χ1v) is 7.43. The molecule has 0 N–H and O–H groups in total. The standard InChI is InChI=1S/C15H32O2/c1-5-7-9-11-16-15(13-14(3)4)17-12-10-8-6-2/h14-15H,5-13H2,1-4H3. The zero-order valence-corrected chi connectivity index (χ0v) is 12.3. The number of hydrogen-bond acceptors (Lipinski definition) is 2. The molecule has 0 aliphatic rings. The maximum atomic E-state index is 5.81. The molecular formula is C15H32O2. The maximum Gasteiger partial charge on any atom is 0.157 e. The second-order valence-corrected chi connectivity index (χ2v) is 5.21. The van der Waals surface area contributed by atoms with Gasteiger partial charge in [-0.15, -0.1) is 0 Å². The van der Waals surface area contributed by atoms with Crippen molar-refractivity contribution < 1.29 is 9.47 Å². The van der Waals surface area contributed by atoms with E-state index in [1.165, 1.54) is 25.7 Å². The van der Waals surface area contributed by atoms with Crippen molar-refractivity contribution in [3.8, 4) is 0 Å². The van der Waals surface area contributed by atoms with Gasteiger partial charge in [-0.25, -0.2) is 0 Å². The van der Waals surface area contributed by atoms with E-state index in [4.69, 9.17) is 9.47 Å². The quantitative estimate of drug-likeness (QED) is 0.363. The van der Waals surface area contributed by atoms with E-state index in [1.54, 1.807) is 0 Å². The van der Waals surface area contributed by atoms with Crippen LogP contribution in [0.1, 0.15) is 72.6 Å². The van der Waals surface area contributed by atoms with Crippen LogP contribution in [0.25, 0.3) is 0 Å². The summed E-state index contributed by atoms with van der Waals surface area (Å²) in [5, 5.41) is 0. The molecule has 0 aliphatic heterocycles. The molecule has 0 rings (SSSR count). The van der Waals surface area contributed by atoms with Crippen LogP contribution in [0.3, 0.4) is 0 Å². The maximum absolute atomic E-state index is 5.81. The van der Waals surface area contributed by atoms with E-state index in [0.29, 0.717) is 5.92 Å². The number of unbranched alkanes of at least 4 members (excludes halogenated alkanes) is 4. The van der Waals surface area contributed by atoms with Crippen LogP contribution in [0.15, 0.2) is 0 Å². The van der Waals surface area contributed by atoms with Crippen molar-refractivity contribution in [2.45, 2.75) is 78.9 Å². The summed E-state index contributed by atoms with van der Waals surface area (Å²) in [5.41, 5.74) is 0. The van der Waals surface area contributed by atoms with Crippen molar-refractivity contribution in [3.63, 3.8) is 0 Å². The average molecular weight is 244 g/mol. The van der Waals surface area contributed by atoms with E-state index < -0.39 is 0 Å². The van der Waals surface area contributed by atoms with Crippen LogP contribution in [0.2, 0.25) is 0 Å². The fraction of sp³-hybridized carbons (Fsp3) is 1.00. The van der Waals surface area contributed by atoms with Gasteiger partial charge < -0.3 is 9.47 Å². The minimum Gasteiger partial charge on any atom is -0.353 e. The van der Waals surface area contributed by atoms with Crippen molar-refractivity contribution in [1.82, 2.24) is 0 Å². The highest BCUT2D eigenvalue weighted by Gasteiger charge is 2.11. The zero-order chi connectivity index (χ0) is 12.9. The lowest BCUT2D eigenvalue weighted by molar-refractivity contribution is -0.152. The molecule has 0 saturated carbocycles. The molecule has 0 amide bonds. The van der Waals surface area contributed by atoms with E-state index in [-0.39, 0.29) is 6.29 Å². The summed E-state index contributed by atoms with van der Waals surface area (Å²) in [4.78, 5) is 0. The van der Waals surface area contributed by atoms with Gasteiger partial charge in [0.2, 0.25) is 0 Å². The Morgan fingerprint density at radius 3 is 1.59 bits per heavy atom. The number of rotatable bonds is 12. The van der Waals surface area contributed by atoms with Gasteiger partial charge in [0.1, 0.15) is 0 Å². The van der Waals surface area contributed by atoms with Crippen LogP contribution in [-0.2, 0) is 9.47 Å². The van der Waals surface area contributed by atoms with Crippen molar-refractivity contribution in [1.29, 1.82) is 0 Å². The molecule has 0 saturated heterocycles. The number of ether oxygens (including phenoxy) is 2. The third-order valence-electron chi connectivity index (χ3n) is 2.77. The third kappa shape index (κ3) is 12.2. The van der Waals surface area contributed by atoms with Gasteiger partial charge in [-0.1, -0.05) is 53.4 Å². The van der Waals surface area contributed by atoms with Gasteiger partial charge >= 0.3 is 0 Å². The van der Waals surface area contributed by atoms with Crippen molar-refractivity contribution in [2.24, 2.45) is 5.92 Å². The number of hydrogen-bond donors (Lipinski definition) is 0. The first-order valence-electron chi connectivity index (χ1n) is 7.43. The first kappa shape index (κ1) is 16.9. The second-order valence-electron chi connectivity index (χ2n) is 5.21. The molecule has 2 heteroatoms. The monoisotopic (exact) mass is 244 g/mol. The summed E-state index contributed by atoms with van der Waals surface area (Å²) in [5.74, 6) is 0.636. The van der Waals surface area contributed by atoms with Crippen LogP contribution in [0.4, 0.5) is 0 Å². The first-order chi connectivity index (χ1) is 8.20. The summed E-state index contributed by atoms with van der Waals surface area (Å²) in [7, 11) is 0. The van der Waals surface area contributed by atoms with E-state index in [2.05, 4.69) is 27.7 Å². The molecule has 0 aliphatic carbocycles. The highest BCUT2D eigenvalue weighted by atomic mass is 16.7. The highest BCUT2D eigenvalue weighted by molar-refractivity contribution is 4.52. The van der Waals surface area contributed by atoms with Crippen molar-refractivity contribution >= 4 is 0 Å². The lowest BCUT2D eigenvalue weighted by Gasteiger charge is -2.20. The van der Waals surface area contributed by atoms with Crippen LogP contribution in [-0.4, -0.2) is 19.5 Å². The minimum atomic E-state index is 0.0173. The van der Waals surface area contributed by atoms with Gasteiger partial charge in [0.25, 0.3) is 0 Å². The smallest absolute Gasteiger partial charge is 0.157 e. The molecule has 0 radical (unpaired) electrons. The fourth-order valence-corrected chi connectivity index (χ4v) is 1.70. The molecule has 0 atom stereocenters. The molecule has 104 valence electrons. The molecule has 0 aromatic heterocycles. The fourth-order valence-electron chi connectivity index (χ4n) is 1.70. The van der Waals surface area contributed by atoms with Gasteiger partial charge in [0, 0.05) is 19.6 Å². The van der Waals surface area contributed by atoms with E-state index in [1.807, 2.05) is 0 Å². The Labute approximate surface area is 108 Å². The van der Waals surface area contributed by atoms with Crippen molar-refractivity contribution in [2.75, 3.05) is 13.2 Å². The lowest BCUT2D eigenvalue weighted by atomic mass is 10.1. The van der Waals surface area contributed by atoms with Crippen LogP contribution in [0, 0.1) is 5.92 Å². The zero-order valence-electron chi connectivity index (χ0n) is 12.3.